The van der Waals surface area contributed by atoms with E-state index in [4.69, 9.17) is 11.6 Å². The number of hydrogen-bond donors (Lipinski definition) is 0. The van der Waals surface area contributed by atoms with Crippen molar-refractivity contribution >= 4 is 22.5 Å². The molecule has 0 atom stereocenters. The Balaban J connectivity index is 1.96. The van der Waals surface area contributed by atoms with Gasteiger partial charge in [0.15, 0.2) is 0 Å². The van der Waals surface area contributed by atoms with E-state index in [0.29, 0.717) is 11.6 Å². The molecule has 0 amide bonds. The predicted octanol–water partition coefficient (Wildman–Crippen LogP) is 3.87. The second kappa shape index (κ2) is 5.20. The van der Waals surface area contributed by atoms with Gasteiger partial charge in [0.05, 0.1) is 6.61 Å². The van der Waals surface area contributed by atoms with E-state index >= 15 is 0 Å². The van der Waals surface area contributed by atoms with Gasteiger partial charge in [-0.2, -0.15) is 13.2 Å². The molecule has 0 unspecified atom stereocenters. The van der Waals surface area contributed by atoms with Crippen LogP contribution >= 0.6 is 11.6 Å². The molecule has 1 aromatic carbocycles. The van der Waals surface area contributed by atoms with E-state index in [1.807, 2.05) is 22.8 Å². The van der Waals surface area contributed by atoms with Gasteiger partial charge in [0.25, 0.3) is 0 Å². The van der Waals surface area contributed by atoms with Crippen LogP contribution in [-0.2, 0) is 11.3 Å². The lowest BCUT2D eigenvalue weighted by molar-refractivity contribution is -0.174. The number of alkyl halides is 3. The van der Waals surface area contributed by atoms with Crippen LogP contribution in [0.1, 0.15) is 0 Å². The first kappa shape index (κ1) is 13.2. The number of hydrogen-bond acceptors (Lipinski definition) is 1. The first-order chi connectivity index (χ1) is 8.46. The van der Waals surface area contributed by atoms with Gasteiger partial charge in [-0.25, -0.2) is 0 Å². The predicted molar refractivity (Wildman–Crippen MR) is 63.8 cm³/mol. The van der Waals surface area contributed by atoms with Crippen molar-refractivity contribution in [3.05, 3.63) is 35.5 Å². The summed E-state index contributed by atoms with van der Waals surface area (Å²) in [4.78, 5) is 0. The number of aromatic nitrogens is 1. The van der Waals surface area contributed by atoms with E-state index in [2.05, 4.69) is 4.74 Å². The Morgan fingerprint density at radius 1 is 1.22 bits per heavy atom. The van der Waals surface area contributed by atoms with Crippen molar-refractivity contribution in [2.75, 3.05) is 13.2 Å². The van der Waals surface area contributed by atoms with Crippen molar-refractivity contribution < 1.29 is 17.9 Å². The molecule has 0 saturated carbocycles. The fourth-order valence-corrected chi connectivity index (χ4v) is 1.90. The topological polar surface area (TPSA) is 14.2 Å². The van der Waals surface area contributed by atoms with E-state index in [9.17, 15) is 13.2 Å². The Morgan fingerprint density at radius 3 is 2.72 bits per heavy atom. The van der Waals surface area contributed by atoms with Gasteiger partial charge in [-0.05, 0) is 24.3 Å². The maximum absolute atomic E-state index is 11.9. The molecule has 0 spiro atoms. The van der Waals surface area contributed by atoms with Crippen LogP contribution in [0.15, 0.2) is 30.5 Å². The Labute approximate surface area is 107 Å². The summed E-state index contributed by atoms with van der Waals surface area (Å²) < 4.78 is 42.0. The summed E-state index contributed by atoms with van der Waals surface area (Å²) in [5.41, 5.74) is 0.926. The largest absolute Gasteiger partial charge is 0.411 e. The van der Waals surface area contributed by atoms with E-state index in [1.165, 1.54) is 0 Å². The van der Waals surface area contributed by atoms with E-state index in [1.54, 1.807) is 12.3 Å². The fourth-order valence-electron chi connectivity index (χ4n) is 1.72. The summed E-state index contributed by atoms with van der Waals surface area (Å²) in [7, 11) is 0. The molecule has 0 bridgehead atoms. The highest BCUT2D eigenvalue weighted by Gasteiger charge is 2.27. The molecule has 0 aliphatic heterocycles. The molecule has 0 radical (unpaired) electrons. The molecule has 1 heterocycles. The zero-order chi connectivity index (χ0) is 13.2. The zero-order valence-corrected chi connectivity index (χ0v) is 10.1. The third-order valence-corrected chi connectivity index (χ3v) is 2.71. The number of nitrogens with zero attached hydrogens (tertiary/aromatic N) is 1. The molecular weight excluding hydrogens is 267 g/mol. The summed E-state index contributed by atoms with van der Waals surface area (Å²) >= 11 is 5.85. The Kier molecular flexibility index (Phi) is 3.82. The smallest absolute Gasteiger partial charge is 0.370 e. The van der Waals surface area contributed by atoms with Crippen molar-refractivity contribution in [1.82, 2.24) is 4.57 Å². The van der Waals surface area contributed by atoms with Crippen LogP contribution in [0.25, 0.3) is 10.9 Å². The van der Waals surface area contributed by atoms with Crippen molar-refractivity contribution in [1.29, 1.82) is 0 Å². The van der Waals surface area contributed by atoms with Crippen molar-refractivity contribution in [2.45, 2.75) is 12.7 Å². The molecule has 98 valence electrons. The Morgan fingerprint density at radius 2 is 2.00 bits per heavy atom. The van der Waals surface area contributed by atoms with E-state index < -0.39 is 12.8 Å². The third-order valence-electron chi connectivity index (χ3n) is 2.48. The molecule has 1 aromatic heterocycles. The fraction of sp³-hybridized carbons (Fsp3) is 0.333. The number of rotatable bonds is 4. The summed E-state index contributed by atoms with van der Waals surface area (Å²) in [6.45, 7) is -0.814. The Bertz CT molecular complexity index is 536. The highest BCUT2D eigenvalue weighted by Crippen LogP contribution is 2.20. The second-order valence-corrected chi connectivity index (χ2v) is 4.32. The van der Waals surface area contributed by atoms with Crippen molar-refractivity contribution in [2.24, 2.45) is 0 Å². The maximum atomic E-state index is 11.9. The minimum absolute atomic E-state index is 0.0198. The van der Waals surface area contributed by atoms with Crippen molar-refractivity contribution in [3.8, 4) is 0 Å². The zero-order valence-electron chi connectivity index (χ0n) is 9.38. The van der Waals surface area contributed by atoms with E-state index in [0.717, 1.165) is 10.9 Å². The second-order valence-electron chi connectivity index (χ2n) is 3.88. The third kappa shape index (κ3) is 3.40. The molecule has 0 N–H and O–H groups in total. The lowest BCUT2D eigenvalue weighted by atomic mass is 10.2. The summed E-state index contributed by atoms with van der Waals surface area (Å²) in [5.74, 6) is 0. The number of ether oxygens (including phenoxy) is 1. The van der Waals surface area contributed by atoms with Gasteiger partial charge in [-0.15, -0.1) is 0 Å². The average Bonchev–Trinajstić information content (AvgIpc) is 2.65. The van der Waals surface area contributed by atoms with Gasteiger partial charge in [-0.1, -0.05) is 11.6 Å². The molecule has 6 heteroatoms. The summed E-state index contributed by atoms with van der Waals surface area (Å²) in [6, 6.07) is 7.26. The van der Waals surface area contributed by atoms with Gasteiger partial charge in [0, 0.05) is 28.7 Å². The van der Waals surface area contributed by atoms with Crippen LogP contribution in [0.5, 0.6) is 0 Å². The van der Waals surface area contributed by atoms with Crippen LogP contribution in [-0.4, -0.2) is 24.0 Å². The Hall–Kier alpha value is -1.20. The molecular formula is C12H11ClF3NO. The monoisotopic (exact) mass is 277 g/mol. The first-order valence-electron chi connectivity index (χ1n) is 5.34. The molecule has 0 fully saturated rings. The van der Waals surface area contributed by atoms with Gasteiger partial charge >= 0.3 is 6.18 Å². The highest BCUT2D eigenvalue weighted by atomic mass is 35.5. The molecule has 2 rings (SSSR count). The lowest BCUT2D eigenvalue weighted by Crippen LogP contribution is -2.18. The van der Waals surface area contributed by atoms with Crippen LogP contribution < -0.4 is 0 Å². The van der Waals surface area contributed by atoms with Crippen LogP contribution in [0.3, 0.4) is 0 Å². The van der Waals surface area contributed by atoms with Crippen LogP contribution in [0.4, 0.5) is 13.2 Å². The average molecular weight is 278 g/mol. The summed E-state index contributed by atoms with van der Waals surface area (Å²) in [6.07, 6.45) is -2.47. The summed E-state index contributed by atoms with van der Waals surface area (Å²) in [5, 5.41) is 1.59. The molecule has 0 saturated heterocycles. The number of halogens is 4. The van der Waals surface area contributed by atoms with Gasteiger partial charge in [0.2, 0.25) is 0 Å². The highest BCUT2D eigenvalue weighted by molar-refractivity contribution is 6.31. The molecule has 18 heavy (non-hydrogen) atoms. The standard InChI is InChI=1S/C12H11ClF3NO/c13-10-1-2-11-9(7-10)3-4-17(11)5-6-18-8-12(14,15)16/h1-4,7H,5-6,8H2. The first-order valence-corrected chi connectivity index (χ1v) is 5.72. The molecule has 2 aromatic rings. The molecule has 2 nitrogen and oxygen atoms in total. The minimum atomic E-state index is -4.27. The normalized spacial score (nSPS) is 12.2. The van der Waals surface area contributed by atoms with E-state index in [-0.39, 0.29) is 6.61 Å². The lowest BCUT2D eigenvalue weighted by Gasteiger charge is -2.09. The van der Waals surface area contributed by atoms with Crippen molar-refractivity contribution in [3.63, 3.8) is 0 Å². The molecule has 0 aliphatic rings. The minimum Gasteiger partial charge on any atom is -0.370 e. The quantitative estimate of drug-likeness (QED) is 0.774. The molecule has 0 aliphatic carbocycles. The SMILES string of the molecule is FC(F)(F)COCCn1ccc2cc(Cl)ccc21. The maximum Gasteiger partial charge on any atom is 0.411 e. The van der Waals surface area contributed by atoms with Gasteiger partial charge < -0.3 is 9.30 Å². The number of benzene rings is 1. The number of fused-ring (bicyclic) bond motifs is 1. The van der Waals surface area contributed by atoms with Crippen LogP contribution in [0.2, 0.25) is 5.02 Å². The van der Waals surface area contributed by atoms with Crippen LogP contribution in [0, 0.1) is 0 Å². The van der Waals surface area contributed by atoms with Gasteiger partial charge in [-0.3, -0.25) is 0 Å². The van der Waals surface area contributed by atoms with Gasteiger partial charge in [0.1, 0.15) is 6.61 Å².